The third-order valence-electron chi connectivity index (χ3n) is 3.43. The standard InChI is InChI=1S/C13H20N2O/c1-3-11-7-12(15(2)9-11)10-16-13-5-4-6-14-8-13/h4-6,8,11-12H,3,7,9-10H2,1-2H3. The zero-order chi connectivity index (χ0) is 11.4. The van der Waals surface area contributed by atoms with Crippen LogP contribution in [0.15, 0.2) is 24.5 Å². The average molecular weight is 220 g/mol. The highest BCUT2D eigenvalue weighted by molar-refractivity contribution is 5.15. The Balaban J connectivity index is 1.82. The summed E-state index contributed by atoms with van der Waals surface area (Å²) < 4.78 is 5.75. The van der Waals surface area contributed by atoms with Crippen molar-refractivity contribution in [2.24, 2.45) is 5.92 Å². The molecule has 1 aliphatic rings. The van der Waals surface area contributed by atoms with Crippen LogP contribution < -0.4 is 4.74 Å². The molecule has 0 saturated carbocycles. The summed E-state index contributed by atoms with van der Waals surface area (Å²) in [4.78, 5) is 6.45. The highest BCUT2D eigenvalue weighted by Gasteiger charge is 2.28. The van der Waals surface area contributed by atoms with E-state index in [9.17, 15) is 0 Å². The highest BCUT2D eigenvalue weighted by Crippen LogP contribution is 2.24. The van der Waals surface area contributed by atoms with Gasteiger partial charge in [-0.05, 0) is 31.5 Å². The van der Waals surface area contributed by atoms with E-state index in [0.29, 0.717) is 6.04 Å². The molecule has 0 bridgehead atoms. The van der Waals surface area contributed by atoms with Crippen LogP contribution in [0.1, 0.15) is 19.8 Å². The van der Waals surface area contributed by atoms with Crippen molar-refractivity contribution in [1.29, 1.82) is 0 Å². The van der Waals surface area contributed by atoms with Crippen molar-refractivity contribution >= 4 is 0 Å². The van der Waals surface area contributed by atoms with Crippen molar-refractivity contribution in [2.45, 2.75) is 25.8 Å². The van der Waals surface area contributed by atoms with Gasteiger partial charge in [0.15, 0.2) is 0 Å². The summed E-state index contributed by atoms with van der Waals surface area (Å²) in [5, 5.41) is 0. The van der Waals surface area contributed by atoms with Crippen LogP contribution in [0.2, 0.25) is 0 Å². The topological polar surface area (TPSA) is 25.4 Å². The van der Waals surface area contributed by atoms with Crippen LogP contribution in [-0.4, -0.2) is 36.1 Å². The molecule has 2 atom stereocenters. The monoisotopic (exact) mass is 220 g/mol. The van der Waals surface area contributed by atoms with E-state index in [1.165, 1.54) is 19.4 Å². The fraction of sp³-hybridized carbons (Fsp3) is 0.615. The molecule has 1 aliphatic heterocycles. The van der Waals surface area contributed by atoms with Gasteiger partial charge in [-0.15, -0.1) is 0 Å². The molecule has 0 radical (unpaired) electrons. The average Bonchev–Trinajstić information content (AvgIpc) is 2.69. The lowest BCUT2D eigenvalue weighted by Crippen LogP contribution is -2.30. The van der Waals surface area contributed by atoms with Crippen LogP contribution in [0.3, 0.4) is 0 Å². The molecule has 0 aliphatic carbocycles. The fourth-order valence-electron chi connectivity index (χ4n) is 2.31. The van der Waals surface area contributed by atoms with Crippen LogP contribution in [0.25, 0.3) is 0 Å². The van der Waals surface area contributed by atoms with E-state index in [1.54, 1.807) is 12.4 Å². The SMILES string of the molecule is CCC1CC(COc2cccnc2)N(C)C1. The maximum Gasteiger partial charge on any atom is 0.137 e. The third kappa shape index (κ3) is 2.73. The molecule has 88 valence electrons. The number of pyridine rings is 1. The summed E-state index contributed by atoms with van der Waals surface area (Å²) in [6.45, 7) is 4.25. The number of ether oxygens (including phenoxy) is 1. The molecule has 3 heteroatoms. The Labute approximate surface area is 97.4 Å². The van der Waals surface area contributed by atoms with Crippen molar-refractivity contribution in [3.05, 3.63) is 24.5 Å². The number of likely N-dealkylation sites (tertiary alicyclic amines) is 1. The maximum atomic E-state index is 5.75. The second-order valence-corrected chi connectivity index (χ2v) is 4.60. The lowest BCUT2D eigenvalue weighted by Gasteiger charge is -2.19. The van der Waals surface area contributed by atoms with Crippen LogP contribution in [0.4, 0.5) is 0 Å². The van der Waals surface area contributed by atoms with E-state index >= 15 is 0 Å². The normalized spacial score (nSPS) is 25.9. The summed E-state index contributed by atoms with van der Waals surface area (Å²) in [5.41, 5.74) is 0. The first kappa shape index (κ1) is 11.4. The lowest BCUT2D eigenvalue weighted by atomic mass is 10.0. The quantitative estimate of drug-likeness (QED) is 0.777. The van der Waals surface area contributed by atoms with Gasteiger partial charge in [-0.25, -0.2) is 0 Å². The molecule has 1 aromatic rings. The van der Waals surface area contributed by atoms with E-state index in [2.05, 4.69) is 23.9 Å². The van der Waals surface area contributed by atoms with Gasteiger partial charge in [-0.1, -0.05) is 13.3 Å². The van der Waals surface area contributed by atoms with Gasteiger partial charge in [0, 0.05) is 18.8 Å². The Bertz CT molecular complexity index is 315. The van der Waals surface area contributed by atoms with Crippen LogP contribution in [0, 0.1) is 5.92 Å². The van der Waals surface area contributed by atoms with Crippen LogP contribution >= 0.6 is 0 Å². The Morgan fingerprint density at radius 3 is 3.06 bits per heavy atom. The Morgan fingerprint density at radius 2 is 2.44 bits per heavy atom. The molecule has 1 saturated heterocycles. The van der Waals surface area contributed by atoms with Crippen molar-refractivity contribution in [3.63, 3.8) is 0 Å². The Hall–Kier alpha value is -1.09. The largest absolute Gasteiger partial charge is 0.490 e. The first-order valence-corrected chi connectivity index (χ1v) is 6.02. The molecular formula is C13H20N2O. The third-order valence-corrected chi connectivity index (χ3v) is 3.43. The maximum absolute atomic E-state index is 5.75. The number of rotatable bonds is 4. The van der Waals surface area contributed by atoms with Crippen molar-refractivity contribution < 1.29 is 4.74 Å². The number of hydrogen-bond donors (Lipinski definition) is 0. The molecule has 2 rings (SSSR count). The second-order valence-electron chi connectivity index (χ2n) is 4.60. The second kappa shape index (κ2) is 5.30. The molecule has 3 nitrogen and oxygen atoms in total. The van der Waals surface area contributed by atoms with Gasteiger partial charge in [-0.3, -0.25) is 9.88 Å². The summed E-state index contributed by atoms with van der Waals surface area (Å²) in [6, 6.07) is 4.42. The van der Waals surface area contributed by atoms with Gasteiger partial charge >= 0.3 is 0 Å². The minimum atomic E-state index is 0.560. The van der Waals surface area contributed by atoms with Crippen molar-refractivity contribution in [1.82, 2.24) is 9.88 Å². The number of aromatic nitrogens is 1. The number of likely N-dealkylation sites (N-methyl/N-ethyl adjacent to an activating group) is 1. The number of hydrogen-bond acceptors (Lipinski definition) is 3. The Morgan fingerprint density at radius 1 is 1.56 bits per heavy atom. The highest BCUT2D eigenvalue weighted by atomic mass is 16.5. The minimum absolute atomic E-state index is 0.560. The molecule has 2 heterocycles. The smallest absolute Gasteiger partial charge is 0.137 e. The first-order chi connectivity index (χ1) is 7.79. The zero-order valence-electron chi connectivity index (χ0n) is 10.1. The van der Waals surface area contributed by atoms with E-state index in [0.717, 1.165) is 18.3 Å². The molecule has 2 unspecified atom stereocenters. The molecule has 16 heavy (non-hydrogen) atoms. The molecule has 0 aromatic carbocycles. The number of nitrogens with zero attached hydrogens (tertiary/aromatic N) is 2. The van der Waals surface area contributed by atoms with Crippen molar-refractivity contribution in [2.75, 3.05) is 20.2 Å². The van der Waals surface area contributed by atoms with E-state index in [4.69, 9.17) is 4.74 Å². The predicted octanol–water partition coefficient (Wildman–Crippen LogP) is 2.19. The molecule has 1 aromatic heterocycles. The summed E-state index contributed by atoms with van der Waals surface area (Å²) in [7, 11) is 2.19. The first-order valence-electron chi connectivity index (χ1n) is 6.02. The molecule has 0 amide bonds. The fourth-order valence-corrected chi connectivity index (χ4v) is 2.31. The van der Waals surface area contributed by atoms with E-state index < -0.39 is 0 Å². The van der Waals surface area contributed by atoms with E-state index in [-0.39, 0.29) is 0 Å². The van der Waals surface area contributed by atoms with Gasteiger partial charge in [0.1, 0.15) is 12.4 Å². The van der Waals surface area contributed by atoms with Gasteiger partial charge in [0.2, 0.25) is 0 Å². The molecular weight excluding hydrogens is 200 g/mol. The molecule has 0 spiro atoms. The summed E-state index contributed by atoms with van der Waals surface area (Å²) in [6.07, 6.45) is 6.06. The van der Waals surface area contributed by atoms with Gasteiger partial charge in [0.05, 0.1) is 6.20 Å². The van der Waals surface area contributed by atoms with Crippen LogP contribution in [0.5, 0.6) is 5.75 Å². The van der Waals surface area contributed by atoms with Crippen LogP contribution in [-0.2, 0) is 0 Å². The molecule has 0 N–H and O–H groups in total. The van der Waals surface area contributed by atoms with E-state index in [1.807, 2.05) is 12.1 Å². The minimum Gasteiger partial charge on any atom is -0.490 e. The van der Waals surface area contributed by atoms with Gasteiger partial charge in [-0.2, -0.15) is 0 Å². The zero-order valence-corrected chi connectivity index (χ0v) is 10.1. The lowest BCUT2D eigenvalue weighted by molar-refractivity contribution is 0.198. The van der Waals surface area contributed by atoms with Gasteiger partial charge < -0.3 is 4.74 Å². The van der Waals surface area contributed by atoms with Crippen molar-refractivity contribution in [3.8, 4) is 5.75 Å². The predicted molar refractivity (Wildman–Crippen MR) is 64.5 cm³/mol. The van der Waals surface area contributed by atoms with Gasteiger partial charge in [0.25, 0.3) is 0 Å². The molecule has 1 fully saturated rings. The summed E-state index contributed by atoms with van der Waals surface area (Å²) in [5.74, 6) is 1.71. The summed E-state index contributed by atoms with van der Waals surface area (Å²) >= 11 is 0. The Kier molecular flexibility index (Phi) is 3.78.